The quantitative estimate of drug-likeness (QED) is 0.185. The molecule has 1 atom stereocenters. The molecule has 36 heavy (non-hydrogen) atoms. The first-order valence-corrected chi connectivity index (χ1v) is 12.7. The van der Waals surface area contributed by atoms with Gasteiger partial charge < -0.3 is 14.5 Å². The van der Waals surface area contributed by atoms with Gasteiger partial charge in [0.05, 0.1) is 6.61 Å². The predicted molar refractivity (Wildman–Crippen MR) is 149 cm³/mol. The van der Waals surface area contributed by atoms with E-state index in [1.54, 1.807) is 18.2 Å². The van der Waals surface area contributed by atoms with Gasteiger partial charge in [0.25, 0.3) is 5.91 Å². The van der Waals surface area contributed by atoms with Crippen molar-refractivity contribution in [2.24, 2.45) is 0 Å². The molecule has 0 aliphatic heterocycles. The molecule has 1 aromatic heterocycles. The van der Waals surface area contributed by atoms with Crippen LogP contribution in [0.3, 0.4) is 0 Å². The van der Waals surface area contributed by atoms with E-state index >= 15 is 0 Å². The highest BCUT2D eigenvalue weighted by Gasteiger charge is 2.12. The van der Waals surface area contributed by atoms with E-state index in [1.165, 1.54) is 5.56 Å². The number of oxazole rings is 1. The molecule has 0 saturated heterocycles. The van der Waals surface area contributed by atoms with Gasteiger partial charge in [-0.05, 0) is 91.1 Å². The third-order valence-electron chi connectivity index (χ3n) is 6.07. The molecule has 186 valence electrons. The Morgan fingerprint density at radius 3 is 2.64 bits per heavy atom. The first kappa shape index (κ1) is 25.4. The number of hydrogen-bond donors (Lipinski definition) is 2. The van der Waals surface area contributed by atoms with Crippen LogP contribution >= 0.6 is 12.2 Å². The zero-order valence-electron chi connectivity index (χ0n) is 20.8. The molecule has 0 bridgehead atoms. The molecule has 4 rings (SSSR count). The highest BCUT2D eigenvalue weighted by Crippen LogP contribution is 2.28. The maximum atomic E-state index is 12.6. The number of nitrogens with zero attached hydrogens (tertiary/aromatic N) is 1. The van der Waals surface area contributed by atoms with Crippen molar-refractivity contribution in [1.29, 1.82) is 0 Å². The molecule has 0 fully saturated rings. The number of nitrogens with one attached hydrogen (secondary N) is 2. The zero-order valence-corrected chi connectivity index (χ0v) is 21.7. The summed E-state index contributed by atoms with van der Waals surface area (Å²) < 4.78 is 11.6. The minimum atomic E-state index is -0.298. The summed E-state index contributed by atoms with van der Waals surface area (Å²) in [7, 11) is 0. The van der Waals surface area contributed by atoms with Crippen molar-refractivity contribution in [3.63, 3.8) is 0 Å². The number of unbranched alkanes of at least 4 members (excludes halogenated alkanes) is 1. The van der Waals surface area contributed by atoms with E-state index in [0.29, 0.717) is 29.7 Å². The van der Waals surface area contributed by atoms with Gasteiger partial charge in [-0.25, -0.2) is 4.98 Å². The van der Waals surface area contributed by atoms with Gasteiger partial charge in [-0.2, -0.15) is 0 Å². The Bertz CT molecular complexity index is 1350. The van der Waals surface area contributed by atoms with Crippen molar-refractivity contribution >= 4 is 40.0 Å². The van der Waals surface area contributed by atoms with Crippen LogP contribution in [0.25, 0.3) is 22.6 Å². The monoisotopic (exact) mass is 501 g/mol. The van der Waals surface area contributed by atoms with E-state index in [9.17, 15) is 4.79 Å². The Hall–Kier alpha value is -3.71. The summed E-state index contributed by atoms with van der Waals surface area (Å²) in [5, 5.41) is 5.98. The number of rotatable bonds is 9. The van der Waals surface area contributed by atoms with Crippen LogP contribution in [-0.2, 0) is 0 Å². The van der Waals surface area contributed by atoms with Crippen molar-refractivity contribution in [3.05, 3.63) is 77.9 Å². The number of anilines is 1. The summed E-state index contributed by atoms with van der Waals surface area (Å²) in [4.78, 5) is 17.3. The van der Waals surface area contributed by atoms with E-state index < -0.39 is 0 Å². The number of benzene rings is 3. The van der Waals surface area contributed by atoms with Crippen molar-refractivity contribution in [2.45, 2.75) is 46.0 Å². The topological polar surface area (TPSA) is 76.4 Å². The van der Waals surface area contributed by atoms with Crippen LogP contribution in [0.1, 0.15) is 61.9 Å². The Morgan fingerprint density at radius 1 is 1.08 bits per heavy atom. The number of thiocarbonyl (C=S) groups is 1. The minimum Gasteiger partial charge on any atom is -0.494 e. The average Bonchev–Trinajstić information content (AvgIpc) is 3.32. The fraction of sp³-hybridized carbons (Fsp3) is 0.276. The molecule has 0 saturated carbocycles. The van der Waals surface area contributed by atoms with Crippen molar-refractivity contribution in [2.75, 3.05) is 11.9 Å². The lowest BCUT2D eigenvalue weighted by atomic mass is 9.98. The van der Waals surface area contributed by atoms with E-state index in [-0.39, 0.29) is 11.0 Å². The second kappa shape index (κ2) is 11.8. The summed E-state index contributed by atoms with van der Waals surface area (Å²) >= 11 is 5.34. The molecule has 0 radical (unpaired) electrons. The lowest BCUT2D eigenvalue weighted by Gasteiger charge is -2.11. The number of fused-ring (bicyclic) bond motifs is 1. The summed E-state index contributed by atoms with van der Waals surface area (Å²) in [5.41, 5.74) is 4.97. The molecule has 1 amide bonds. The van der Waals surface area contributed by atoms with Gasteiger partial charge in [-0.3, -0.25) is 10.1 Å². The Balaban J connectivity index is 1.37. The average molecular weight is 502 g/mol. The van der Waals surface area contributed by atoms with E-state index in [4.69, 9.17) is 21.4 Å². The summed E-state index contributed by atoms with van der Waals surface area (Å²) in [6.45, 7) is 7.12. The second-order valence-corrected chi connectivity index (χ2v) is 9.18. The van der Waals surface area contributed by atoms with Crippen LogP contribution in [0, 0.1) is 0 Å². The molecular weight excluding hydrogens is 470 g/mol. The number of carbonyl (C=O) groups excluding carboxylic acids is 1. The van der Waals surface area contributed by atoms with Gasteiger partial charge in [0.15, 0.2) is 10.7 Å². The summed E-state index contributed by atoms with van der Waals surface area (Å²) in [6.07, 6.45) is 3.09. The van der Waals surface area contributed by atoms with Crippen LogP contribution < -0.4 is 15.4 Å². The van der Waals surface area contributed by atoms with Gasteiger partial charge in [-0.15, -0.1) is 0 Å². The van der Waals surface area contributed by atoms with Crippen LogP contribution in [0.4, 0.5) is 5.69 Å². The lowest BCUT2D eigenvalue weighted by Crippen LogP contribution is -2.34. The molecule has 0 spiro atoms. The largest absolute Gasteiger partial charge is 0.494 e. The highest BCUT2D eigenvalue weighted by atomic mass is 32.1. The van der Waals surface area contributed by atoms with Gasteiger partial charge in [0.1, 0.15) is 11.3 Å². The Kier molecular flexibility index (Phi) is 8.33. The van der Waals surface area contributed by atoms with Crippen LogP contribution in [0.15, 0.2) is 71.1 Å². The molecule has 4 aromatic rings. The molecule has 3 aromatic carbocycles. The SMILES string of the molecule is CCCCOc1cccc(C(=O)NC(=S)Nc2ccc(-c3nc4cc([C@@H](C)CC)ccc4o3)cc2)c1. The third-order valence-corrected chi connectivity index (χ3v) is 6.28. The number of aromatic nitrogens is 1. The predicted octanol–water partition coefficient (Wildman–Crippen LogP) is 7.31. The van der Waals surface area contributed by atoms with Crippen LogP contribution in [0.2, 0.25) is 0 Å². The maximum Gasteiger partial charge on any atom is 0.257 e. The molecule has 1 heterocycles. The second-order valence-electron chi connectivity index (χ2n) is 8.77. The Morgan fingerprint density at radius 2 is 1.89 bits per heavy atom. The van der Waals surface area contributed by atoms with Gasteiger partial charge in [0, 0.05) is 16.8 Å². The number of amides is 1. The number of ether oxygens (including phenoxy) is 1. The van der Waals surface area contributed by atoms with E-state index in [1.807, 2.05) is 36.4 Å². The number of carbonyl (C=O) groups is 1. The smallest absolute Gasteiger partial charge is 0.257 e. The van der Waals surface area contributed by atoms with E-state index in [2.05, 4.69) is 48.5 Å². The zero-order chi connectivity index (χ0) is 25.5. The van der Waals surface area contributed by atoms with Crippen LogP contribution in [-0.4, -0.2) is 22.6 Å². The molecule has 2 N–H and O–H groups in total. The van der Waals surface area contributed by atoms with Gasteiger partial charge in [0.2, 0.25) is 5.89 Å². The van der Waals surface area contributed by atoms with Gasteiger partial charge in [-0.1, -0.05) is 39.3 Å². The molecule has 0 aliphatic rings. The summed E-state index contributed by atoms with van der Waals surface area (Å²) in [6, 6.07) is 20.8. The molecular formula is C29H31N3O3S. The minimum absolute atomic E-state index is 0.212. The van der Waals surface area contributed by atoms with Crippen molar-refractivity contribution in [3.8, 4) is 17.2 Å². The first-order chi connectivity index (χ1) is 17.5. The fourth-order valence-electron chi connectivity index (χ4n) is 3.71. The van der Waals surface area contributed by atoms with Crippen LogP contribution in [0.5, 0.6) is 5.75 Å². The molecule has 7 heteroatoms. The maximum absolute atomic E-state index is 12.6. The standard InChI is InChI=1S/C29H31N3O3S/c1-4-6-16-34-24-9-7-8-22(17-24)27(33)32-29(36)30-23-13-10-20(11-14-23)28-31-25-18-21(19(3)5-2)12-15-26(25)35-28/h7-15,17-19H,4-6,16H2,1-3H3,(H2,30,32,33,36)/t19-/m0/s1. The number of hydrogen-bond acceptors (Lipinski definition) is 5. The Labute approximate surface area is 217 Å². The third kappa shape index (κ3) is 6.29. The molecule has 0 aliphatic carbocycles. The van der Waals surface area contributed by atoms with Crippen molar-refractivity contribution < 1.29 is 13.9 Å². The van der Waals surface area contributed by atoms with Crippen molar-refractivity contribution in [1.82, 2.24) is 10.3 Å². The highest BCUT2D eigenvalue weighted by molar-refractivity contribution is 7.80. The molecule has 6 nitrogen and oxygen atoms in total. The summed E-state index contributed by atoms with van der Waals surface area (Å²) in [5.74, 6) is 1.41. The lowest BCUT2D eigenvalue weighted by molar-refractivity contribution is 0.0977. The van der Waals surface area contributed by atoms with Gasteiger partial charge >= 0.3 is 0 Å². The first-order valence-electron chi connectivity index (χ1n) is 12.3. The fourth-order valence-corrected chi connectivity index (χ4v) is 3.92. The molecule has 0 unspecified atom stereocenters. The normalized spacial score (nSPS) is 11.8. The van der Waals surface area contributed by atoms with E-state index in [0.717, 1.165) is 41.6 Å².